The van der Waals surface area contributed by atoms with Gasteiger partial charge in [-0.05, 0) is 37.5 Å². The van der Waals surface area contributed by atoms with E-state index in [9.17, 15) is 0 Å². The highest BCUT2D eigenvalue weighted by atomic mass is 32.2. The van der Waals surface area contributed by atoms with Gasteiger partial charge >= 0.3 is 0 Å². The molecule has 0 saturated heterocycles. The topological polar surface area (TPSA) is 26.0 Å². The van der Waals surface area contributed by atoms with Crippen molar-refractivity contribution in [3.8, 4) is 0 Å². The highest BCUT2D eigenvalue weighted by Gasteiger charge is 2.09. The third kappa shape index (κ3) is 4.12. The van der Waals surface area contributed by atoms with Crippen LogP contribution < -0.4 is 5.73 Å². The van der Waals surface area contributed by atoms with Crippen LogP contribution in [0.4, 0.5) is 0 Å². The predicted octanol–water partition coefficient (Wildman–Crippen LogP) is 4.55. The first-order chi connectivity index (χ1) is 9.56. The van der Waals surface area contributed by atoms with Gasteiger partial charge in [-0.2, -0.15) is 11.8 Å². The summed E-state index contributed by atoms with van der Waals surface area (Å²) in [4.78, 5) is 0. The summed E-state index contributed by atoms with van der Waals surface area (Å²) in [6.07, 6.45) is 0. The molecule has 0 aromatic heterocycles. The van der Waals surface area contributed by atoms with E-state index in [-0.39, 0.29) is 6.04 Å². The van der Waals surface area contributed by atoms with Crippen molar-refractivity contribution in [2.75, 3.05) is 5.75 Å². The van der Waals surface area contributed by atoms with Gasteiger partial charge in [-0.15, -0.1) is 0 Å². The monoisotopic (exact) mass is 285 g/mol. The zero-order chi connectivity index (χ0) is 14.5. The summed E-state index contributed by atoms with van der Waals surface area (Å²) >= 11 is 1.91. The van der Waals surface area contributed by atoms with Gasteiger partial charge in [0.05, 0.1) is 0 Å². The Kier molecular flexibility index (Phi) is 5.27. The van der Waals surface area contributed by atoms with Gasteiger partial charge in [-0.1, -0.05) is 53.6 Å². The maximum atomic E-state index is 6.32. The first kappa shape index (κ1) is 15.1. The minimum Gasteiger partial charge on any atom is -0.323 e. The summed E-state index contributed by atoms with van der Waals surface area (Å²) < 4.78 is 0. The molecule has 0 aliphatic rings. The smallest absolute Gasteiger partial charge is 0.0389 e. The van der Waals surface area contributed by atoms with Crippen LogP contribution in [0, 0.1) is 20.8 Å². The normalized spacial score (nSPS) is 12.4. The molecule has 0 aliphatic carbocycles. The molecule has 2 aromatic carbocycles. The number of aryl methyl sites for hydroxylation is 3. The Bertz CT molecular complexity index is 577. The fraction of sp³-hybridized carbons (Fsp3) is 0.333. The van der Waals surface area contributed by atoms with Crippen molar-refractivity contribution in [1.29, 1.82) is 0 Å². The molecule has 0 saturated carbocycles. The van der Waals surface area contributed by atoms with Crippen LogP contribution in [0.5, 0.6) is 0 Å². The molecule has 1 nitrogen and oxygen atoms in total. The SMILES string of the molecule is Cc1cccc(CSCC(N)c2ccc(C)cc2C)c1. The molecule has 0 spiro atoms. The van der Waals surface area contributed by atoms with Crippen molar-refractivity contribution < 1.29 is 0 Å². The maximum absolute atomic E-state index is 6.32. The summed E-state index contributed by atoms with van der Waals surface area (Å²) in [7, 11) is 0. The van der Waals surface area contributed by atoms with Gasteiger partial charge in [0.1, 0.15) is 0 Å². The van der Waals surface area contributed by atoms with Crippen molar-refractivity contribution in [3.63, 3.8) is 0 Å². The van der Waals surface area contributed by atoms with E-state index >= 15 is 0 Å². The Morgan fingerprint density at radius 3 is 2.45 bits per heavy atom. The van der Waals surface area contributed by atoms with E-state index in [4.69, 9.17) is 5.73 Å². The molecule has 1 unspecified atom stereocenters. The average molecular weight is 285 g/mol. The lowest BCUT2D eigenvalue weighted by Gasteiger charge is -2.15. The van der Waals surface area contributed by atoms with E-state index in [0.717, 1.165) is 11.5 Å². The molecule has 2 rings (SSSR count). The van der Waals surface area contributed by atoms with Crippen molar-refractivity contribution in [3.05, 3.63) is 70.3 Å². The third-order valence-corrected chi connectivity index (χ3v) is 4.61. The van der Waals surface area contributed by atoms with E-state index in [1.807, 2.05) is 11.8 Å². The first-order valence-electron chi connectivity index (χ1n) is 7.02. The minimum atomic E-state index is 0.116. The average Bonchev–Trinajstić information content (AvgIpc) is 2.38. The van der Waals surface area contributed by atoms with E-state index in [1.54, 1.807) is 0 Å². The molecule has 20 heavy (non-hydrogen) atoms. The lowest BCUT2D eigenvalue weighted by molar-refractivity contribution is 0.822. The summed E-state index contributed by atoms with van der Waals surface area (Å²) in [6.45, 7) is 6.40. The van der Waals surface area contributed by atoms with Crippen LogP contribution in [0.25, 0.3) is 0 Å². The number of thioether (sulfide) groups is 1. The van der Waals surface area contributed by atoms with E-state index in [1.165, 1.54) is 27.8 Å². The summed E-state index contributed by atoms with van der Waals surface area (Å²) in [5.74, 6) is 1.98. The molecule has 2 aromatic rings. The molecule has 106 valence electrons. The summed E-state index contributed by atoms with van der Waals surface area (Å²) in [5.41, 5.74) is 12.9. The third-order valence-electron chi connectivity index (χ3n) is 3.47. The molecule has 0 heterocycles. The summed E-state index contributed by atoms with van der Waals surface area (Å²) in [5, 5.41) is 0. The fourth-order valence-corrected chi connectivity index (χ4v) is 3.40. The second kappa shape index (κ2) is 6.96. The van der Waals surface area contributed by atoms with E-state index in [0.29, 0.717) is 0 Å². The van der Waals surface area contributed by atoms with Gasteiger partial charge in [0.15, 0.2) is 0 Å². The number of hydrogen-bond acceptors (Lipinski definition) is 2. The fourth-order valence-electron chi connectivity index (χ4n) is 2.44. The van der Waals surface area contributed by atoms with E-state index < -0.39 is 0 Å². The molecule has 2 N–H and O–H groups in total. The van der Waals surface area contributed by atoms with Crippen LogP contribution in [-0.4, -0.2) is 5.75 Å². The van der Waals surface area contributed by atoms with Gasteiger partial charge in [0.25, 0.3) is 0 Å². The summed E-state index contributed by atoms with van der Waals surface area (Å²) in [6, 6.07) is 15.3. The van der Waals surface area contributed by atoms with Crippen molar-refractivity contribution in [2.45, 2.75) is 32.6 Å². The van der Waals surface area contributed by atoms with Crippen molar-refractivity contribution in [1.82, 2.24) is 0 Å². The van der Waals surface area contributed by atoms with Gasteiger partial charge in [0.2, 0.25) is 0 Å². The first-order valence-corrected chi connectivity index (χ1v) is 8.18. The molecular weight excluding hydrogens is 262 g/mol. The van der Waals surface area contributed by atoms with Crippen molar-refractivity contribution in [2.24, 2.45) is 5.73 Å². The lowest BCUT2D eigenvalue weighted by Crippen LogP contribution is -2.14. The minimum absolute atomic E-state index is 0.116. The van der Waals surface area contributed by atoms with Crippen molar-refractivity contribution >= 4 is 11.8 Å². The second-order valence-electron chi connectivity index (χ2n) is 5.47. The second-order valence-corrected chi connectivity index (χ2v) is 6.50. The van der Waals surface area contributed by atoms with Gasteiger partial charge < -0.3 is 5.73 Å². The van der Waals surface area contributed by atoms with Gasteiger partial charge in [0, 0.05) is 17.5 Å². The van der Waals surface area contributed by atoms with Gasteiger partial charge in [-0.25, -0.2) is 0 Å². The number of nitrogens with two attached hydrogens (primary N) is 1. The Balaban J connectivity index is 1.90. The molecular formula is C18H23NS. The van der Waals surface area contributed by atoms with Crippen LogP contribution in [0.2, 0.25) is 0 Å². The molecule has 0 aliphatic heterocycles. The van der Waals surface area contributed by atoms with Crippen LogP contribution in [0.3, 0.4) is 0 Å². The Morgan fingerprint density at radius 1 is 1.00 bits per heavy atom. The van der Waals surface area contributed by atoms with Crippen LogP contribution in [0.1, 0.15) is 33.9 Å². The largest absolute Gasteiger partial charge is 0.323 e. The molecule has 0 bridgehead atoms. The quantitative estimate of drug-likeness (QED) is 0.872. The number of hydrogen-bond donors (Lipinski definition) is 1. The number of benzene rings is 2. The van der Waals surface area contributed by atoms with Crippen LogP contribution in [-0.2, 0) is 5.75 Å². The van der Waals surface area contributed by atoms with Crippen LogP contribution in [0.15, 0.2) is 42.5 Å². The lowest BCUT2D eigenvalue weighted by atomic mass is 10.0. The molecule has 0 fully saturated rings. The zero-order valence-electron chi connectivity index (χ0n) is 12.5. The van der Waals surface area contributed by atoms with Crippen LogP contribution >= 0.6 is 11.8 Å². The Morgan fingerprint density at radius 2 is 1.75 bits per heavy atom. The maximum Gasteiger partial charge on any atom is 0.0389 e. The Labute approximate surface area is 126 Å². The molecule has 0 amide bonds. The highest BCUT2D eigenvalue weighted by Crippen LogP contribution is 2.23. The Hall–Kier alpha value is -1.25. The standard InChI is InChI=1S/C18H23NS/c1-13-5-4-6-16(10-13)11-20-12-18(19)17-8-7-14(2)9-15(17)3/h4-10,18H,11-12,19H2,1-3H3. The molecule has 2 heteroatoms. The predicted molar refractivity (Wildman–Crippen MR) is 90.2 cm³/mol. The van der Waals surface area contributed by atoms with Gasteiger partial charge in [-0.3, -0.25) is 0 Å². The zero-order valence-corrected chi connectivity index (χ0v) is 13.3. The molecule has 0 radical (unpaired) electrons. The van der Waals surface area contributed by atoms with E-state index in [2.05, 4.69) is 63.2 Å². The number of rotatable bonds is 5. The highest BCUT2D eigenvalue weighted by molar-refractivity contribution is 7.98. The molecule has 1 atom stereocenters.